The molecule has 26 heavy (non-hydrogen) atoms. The van der Waals surface area contributed by atoms with Gasteiger partial charge in [-0.1, -0.05) is 43.7 Å². The quantitative estimate of drug-likeness (QED) is 0.460. The van der Waals surface area contributed by atoms with Crippen molar-refractivity contribution in [1.29, 1.82) is 0 Å². The fourth-order valence-corrected chi connectivity index (χ4v) is 5.23. The number of quaternary nitrogens is 1. The van der Waals surface area contributed by atoms with Crippen LogP contribution in [0.5, 0.6) is 0 Å². The first-order valence-corrected chi connectivity index (χ1v) is 9.95. The van der Waals surface area contributed by atoms with Gasteiger partial charge in [0.05, 0.1) is 20.2 Å². The number of aliphatic hydroxyl groups is 1. The number of epoxide rings is 1. The molecule has 3 heterocycles. The molecule has 3 saturated heterocycles. The Morgan fingerprint density at radius 2 is 1.92 bits per heavy atom. The van der Waals surface area contributed by atoms with Gasteiger partial charge in [-0.3, -0.25) is 4.79 Å². The van der Waals surface area contributed by atoms with E-state index in [4.69, 9.17) is 9.47 Å². The minimum Gasteiger partial charge on any atom is -0.461 e. The van der Waals surface area contributed by atoms with E-state index in [9.17, 15) is 9.90 Å². The number of piperidine rings is 1. The van der Waals surface area contributed by atoms with Gasteiger partial charge in [-0.25, -0.2) is 0 Å². The van der Waals surface area contributed by atoms with Crippen LogP contribution in [0.25, 0.3) is 0 Å². The number of hydrogen-bond acceptors (Lipinski definition) is 4. The molecule has 4 rings (SSSR count). The van der Waals surface area contributed by atoms with Gasteiger partial charge in [0.2, 0.25) is 0 Å². The Morgan fingerprint density at radius 1 is 1.27 bits per heavy atom. The Kier molecular flexibility index (Phi) is 4.80. The lowest BCUT2D eigenvalue weighted by Crippen LogP contribution is -2.62. The van der Waals surface area contributed by atoms with Crippen LogP contribution in [0.15, 0.2) is 30.3 Å². The molecule has 3 aliphatic heterocycles. The Morgan fingerprint density at radius 3 is 2.50 bits per heavy atom. The summed E-state index contributed by atoms with van der Waals surface area (Å²) < 4.78 is 12.9. The van der Waals surface area contributed by atoms with E-state index in [0.29, 0.717) is 24.3 Å². The number of ether oxygens (including phenoxy) is 2. The van der Waals surface area contributed by atoms with E-state index in [1.54, 1.807) is 0 Å². The lowest BCUT2D eigenvalue weighted by molar-refractivity contribution is -0.956. The van der Waals surface area contributed by atoms with Gasteiger partial charge >= 0.3 is 5.97 Å². The first kappa shape index (κ1) is 18.0. The van der Waals surface area contributed by atoms with Crippen LogP contribution in [0, 0.1) is 0 Å². The van der Waals surface area contributed by atoms with Gasteiger partial charge in [0.25, 0.3) is 0 Å². The number of hydrogen-bond donors (Lipinski definition) is 1. The molecular formula is C21H30NO4+. The second kappa shape index (κ2) is 6.95. The molecule has 1 aromatic rings. The lowest BCUT2D eigenvalue weighted by Gasteiger charge is -2.48. The second-order valence-electron chi connectivity index (χ2n) is 8.30. The zero-order valence-electron chi connectivity index (χ0n) is 15.7. The Labute approximate surface area is 155 Å². The third-order valence-electron chi connectivity index (χ3n) is 6.79. The smallest absolute Gasteiger partial charge is 0.316 e. The van der Waals surface area contributed by atoms with Crippen molar-refractivity contribution in [1.82, 2.24) is 0 Å². The van der Waals surface area contributed by atoms with Crippen LogP contribution >= 0.6 is 0 Å². The third-order valence-corrected chi connectivity index (χ3v) is 6.79. The number of carbonyl (C=O) groups is 1. The SMILES string of the molecule is CCCC[N+]1(C)C2C[C@H](OC(=O)[C@H](CO)c3ccccc3)CC1[C@@H]1O[C@H]21. The molecule has 5 heteroatoms. The van der Waals surface area contributed by atoms with Crippen molar-refractivity contribution in [2.75, 3.05) is 20.2 Å². The fourth-order valence-electron chi connectivity index (χ4n) is 5.23. The Hall–Kier alpha value is -1.43. The van der Waals surface area contributed by atoms with E-state index in [1.165, 1.54) is 19.4 Å². The highest BCUT2D eigenvalue weighted by Crippen LogP contribution is 2.52. The minimum atomic E-state index is -0.595. The first-order chi connectivity index (χ1) is 12.6. The number of aliphatic hydroxyl groups excluding tert-OH is 1. The molecule has 0 aliphatic carbocycles. The molecule has 0 aromatic heterocycles. The molecule has 5 nitrogen and oxygen atoms in total. The van der Waals surface area contributed by atoms with Crippen molar-refractivity contribution in [3.8, 4) is 0 Å². The van der Waals surface area contributed by atoms with Crippen LogP contribution < -0.4 is 0 Å². The fraction of sp³-hybridized carbons (Fsp3) is 0.667. The maximum Gasteiger partial charge on any atom is 0.316 e. The standard InChI is InChI=1S/C21H30NO4/c1-3-4-10-22(2)17-11-15(12-18(22)20-19(17)26-20)25-21(24)16(13-23)14-8-6-5-7-9-14/h5-9,15-20,23H,3-4,10-13H2,1-2H3/q+1/t15-,16-,17?,18?,19+,20-,22?/m1/s1. The number of nitrogens with zero attached hydrogens (tertiary/aromatic N) is 1. The molecule has 0 spiro atoms. The number of unbranched alkanes of at least 4 members (excludes halogenated alkanes) is 1. The van der Waals surface area contributed by atoms with Crippen molar-refractivity contribution in [2.24, 2.45) is 0 Å². The molecule has 3 unspecified atom stereocenters. The molecule has 3 fully saturated rings. The predicted molar refractivity (Wildman–Crippen MR) is 97.6 cm³/mol. The third kappa shape index (κ3) is 2.96. The van der Waals surface area contributed by atoms with Crippen LogP contribution in [0.1, 0.15) is 44.1 Å². The van der Waals surface area contributed by atoms with E-state index >= 15 is 0 Å². The highest BCUT2D eigenvalue weighted by Gasteiger charge is 2.71. The zero-order valence-corrected chi connectivity index (χ0v) is 15.7. The number of esters is 1. The van der Waals surface area contributed by atoms with Gasteiger partial charge in [0.15, 0.2) is 0 Å². The number of benzene rings is 1. The molecule has 0 saturated carbocycles. The maximum atomic E-state index is 12.7. The van der Waals surface area contributed by atoms with Crippen LogP contribution in [-0.2, 0) is 14.3 Å². The summed E-state index contributed by atoms with van der Waals surface area (Å²) in [6.45, 7) is 3.20. The van der Waals surface area contributed by atoms with Crippen LogP contribution in [0.2, 0.25) is 0 Å². The lowest BCUT2D eigenvalue weighted by atomic mass is 9.94. The molecule has 7 atom stereocenters. The molecule has 142 valence electrons. The van der Waals surface area contributed by atoms with Gasteiger partial charge < -0.3 is 19.1 Å². The zero-order chi connectivity index (χ0) is 18.3. The largest absolute Gasteiger partial charge is 0.461 e. The summed E-state index contributed by atoms with van der Waals surface area (Å²) >= 11 is 0. The van der Waals surface area contributed by atoms with Crippen molar-refractivity contribution in [3.05, 3.63) is 35.9 Å². The molecule has 0 amide bonds. The van der Waals surface area contributed by atoms with E-state index in [-0.39, 0.29) is 18.7 Å². The maximum absolute atomic E-state index is 12.7. The Balaban J connectivity index is 1.42. The summed E-state index contributed by atoms with van der Waals surface area (Å²) in [7, 11) is 2.36. The molecule has 1 N–H and O–H groups in total. The molecule has 2 bridgehead atoms. The summed E-state index contributed by atoms with van der Waals surface area (Å²) in [6.07, 6.45) is 4.83. The summed E-state index contributed by atoms with van der Waals surface area (Å²) in [5.41, 5.74) is 0.813. The number of morpholine rings is 1. The van der Waals surface area contributed by atoms with Gasteiger partial charge in [-0.05, 0) is 12.0 Å². The normalized spacial score (nSPS) is 38.5. The van der Waals surface area contributed by atoms with E-state index in [1.807, 2.05) is 30.3 Å². The highest BCUT2D eigenvalue weighted by atomic mass is 16.6. The molecular weight excluding hydrogens is 330 g/mol. The van der Waals surface area contributed by atoms with E-state index in [2.05, 4.69) is 14.0 Å². The van der Waals surface area contributed by atoms with Crippen LogP contribution in [0.3, 0.4) is 0 Å². The highest BCUT2D eigenvalue weighted by molar-refractivity contribution is 5.78. The van der Waals surface area contributed by atoms with Crippen LogP contribution in [-0.4, -0.2) is 66.2 Å². The number of carbonyl (C=O) groups excluding carboxylic acids is 1. The monoisotopic (exact) mass is 360 g/mol. The minimum absolute atomic E-state index is 0.0560. The Bertz CT molecular complexity index is 631. The van der Waals surface area contributed by atoms with Gasteiger partial charge in [-0.15, -0.1) is 0 Å². The molecule has 1 aromatic carbocycles. The van der Waals surface area contributed by atoms with Crippen molar-refractivity contribution in [3.63, 3.8) is 0 Å². The van der Waals surface area contributed by atoms with E-state index in [0.717, 1.165) is 22.9 Å². The van der Waals surface area contributed by atoms with Crippen molar-refractivity contribution >= 4 is 5.97 Å². The molecule has 3 aliphatic rings. The van der Waals surface area contributed by atoms with Crippen molar-refractivity contribution < 1.29 is 23.9 Å². The van der Waals surface area contributed by atoms with Gasteiger partial charge in [0.1, 0.15) is 36.3 Å². The second-order valence-corrected chi connectivity index (χ2v) is 8.30. The number of likely N-dealkylation sites (N-methyl/N-ethyl adjacent to an activating group) is 1. The average Bonchev–Trinajstić information content (AvgIpc) is 3.40. The average molecular weight is 360 g/mol. The summed E-state index contributed by atoms with van der Waals surface area (Å²) in [5.74, 6) is -0.898. The van der Waals surface area contributed by atoms with Crippen LogP contribution in [0.4, 0.5) is 0 Å². The van der Waals surface area contributed by atoms with Gasteiger partial charge in [0, 0.05) is 12.8 Å². The van der Waals surface area contributed by atoms with Crippen molar-refractivity contribution in [2.45, 2.75) is 68.9 Å². The summed E-state index contributed by atoms with van der Waals surface area (Å²) in [4.78, 5) is 12.7. The summed E-state index contributed by atoms with van der Waals surface area (Å²) in [5, 5.41) is 9.70. The number of fused-ring (bicyclic) bond motifs is 5. The number of rotatable bonds is 7. The summed E-state index contributed by atoms with van der Waals surface area (Å²) in [6, 6.07) is 10.3. The molecule has 0 radical (unpaired) electrons. The van der Waals surface area contributed by atoms with Gasteiger partial charge in [-0.2, -0.15) is 0 Å². The first-order valence-electron chi connectivity index (χ1n) is 9.95. The van der Waals surface area contributed by atoms with E-state index < -0.39 is 5.92 Å². The topological polar surface area (TPSA) is 59.1 Å². The predicted octanol–water partition coefficient (Wildman–Crippen LogP) is 2.23.